The molecule has 6 heteroatoms. The highest BCUT2D eigenvalue weighted by Crippen LogP contribution is 2.31. The van der Waals surface area contributed by atoms with Crippen molar-refractivity contribution in [3.63, 3.8) is 0 Å². The van der Waals surface area contributed by atoms with Gasteiger partial charge >= 0.3 is 0 Å². The summed E-state index contributed by atoms with van der Waals surface area (Å²) < 4.78 is 30.7. The monoisotopic (exact) mass is 277 g/mol. The zero-order valence-corrected chi connectivity index (χ0v) is 11.7. The molecule has 0 saturated heterocycles. The third kappa shape index (κ3) is 3.78. The van der Waals surface area contributed by atoms with Crippen molar-refractivity contribution < 1.29 is 13.2 Å². The Morgan fingerprint density at radius 1 is 1.35 bits per heavy atom. The number of anilines is 1. The topological polar surface area (TPSA) is 55.4 Å². The van der Waals surface area contributed by atoms with E-state index < -0.39 is 10.0 Å². The van der Waals surface area contributed by atoms with Gasteiger partial charge in [0.15, 0.2) is 0 Å². The molecule has 0 bridgehead atoms. The van der Waals surface area contributed by atoms with Gasteiger partial charge in [0, 0.05) is 0 Å². The molecule has 0 spiro atoms. The van der Waals surface area contributed by atoms with E-state index in [0.29, 0.717) is 23.1 Å². The number of nitrogens with one attached hydrogen (secondary N) is 1. The molecule has 0 atom stereocenters. The van der Waals surface area contributed by atoms with Gasteiger partial charge in [-0.15, -0.1) is 0 Å². The molecule has 0 aromatic heterocycles. The normalized spacial score (nSPS) is 11.3. The smallest absolute Gasteiger partial charge is 0.232 e. The van der Waals surface area contributed by atoms with E-state index in [4.69, 9.17) is 16.3 Å². The van der Waals surface area contributed by atoms with Gasteiger partial charge in [-0.3, -0.25) is 4.72 Å². The van der Waals surface area contributed by atoms with Gasteiger partial charge in [-0.05, 0) is 38.5 Å². The lowest BCUT2D eigenvalue weighted by atomic mass is 10.2. The van der Waals surface area contributed by atoms with Crippen LogP contribution in [-0.4, -0.2) is 20.8 Å². The molecule has 1 aromatic rings. The minimum Gasteiger partial charge on any atom is -0.492 e. The van der Waals surface area contributed by atoms with Crippen LogP contribution in [0.3, 0.4) is 0 Å². The standard InChI is InChI=1S/C11H16ClNO3S/c1-4-16-11-6-8(3)10(7-9(11)12)13-17(14,15)5-2/h6-7,13H,4-5H2,1-3H3. The Morgan fingerprint density at radius 3 is 2.53 bits per heavy atom. The van der Waals surface area contributed by atoms with Gasteiger partial charge in [0.05, 0.1) is 23.1 Å². The van der Waals surface area contributed by atoms with Crippen molar-refractivity contribution in [3.05, 3.63) is 22.7 Å². The largest absolute Gasteiger partial charge is 0.492 e. The molecule has 0 unspecified atom stereocenters. The van der Waals surface area contributed by atoms with Gasteiger partial charge in [0.1, 0.15) is 5.75 Å². The number of hydrogen-bond acceptors (Lipinski definition) is 3. The van der Waals surface area contributed by atoms with Crippen LogP contribution in [0.1, 0.15) is 19.4 Å². The highest BCUT2D eigenvalue weighted by atomic mass is 35.5. The maximum absolute atomic E-state index is 11.5. The summed E-state index contributed by atoms with van der Waals surface area (Å²) in [6.45, 7) is 5.75. The number of halogens is 1. The van der Waals surface area contributed by atoms with Crippen LogP contribution in [0.15, 0.2) is 12.1 Å². The van der Waals surface area contributed by atoms with Crippen LogP contribution in [0.25, 0.3) is 0 Å². The SMILES string of the molecule is CCOc1cc(C)c(NS(=O)(=O)CC)cc1Cl. The molecule has 96 valence electrons. The van der Waals surface area contributed by atoms with Crippen LogP contribution in [0, 0.1) is 6.92 Å². The fourth-order valence-corrected chi connectivity index (χ4v) is 2.19. The van der Waals surface area contributed by atoms with Crippen LogP contribution >= 0.6 is 11.6 Å². The Kier molecular flexibility index (Phi) is 4.65. The third-order valence-corrected chi connectivity index (χ3v) is 3.81. The fraction of sp³-hybridized carbons (Fsp3) is 0.455. The maximum atomic E-state index is 11.5. The summed E-state index contributed by atoms with van der Waals surface area (Å²) in [5.74, 6) is 0.586. The highest BCUT2D eigenvalue weighted by Gasteiger charge is 2.12. The van der Waals surface area contributed by atoms with Crippen molar-refractivity contribution in [1.29, 1.82) is 0 Å². The van der Waals surface area contributed by atoms with Gasteiger partial charge in [-0.2, -0.15) is 0 Å². The quantitative estimate of drug-likeness (QED) is 0.900. The number of sulfonamides is 1. The Bertz CT molecular complexity index is 500. The molecule has 1 N–H and O–H groups in total. The van der Waals surface area contributed by atoms with E-state index >= 15 is 0 Å². The van der Waals surface area contributed by atoms with E-state index in [1.165, 1.54) is 0 Å². The van der Waals surface area contributed by atoms with Gasteiger partial charge in [0.25, 0.3) is 0 Å². The predicted molar refractivity (Wildman–Crippen MR) is 70.4 cm³/mol. The van der Waals surface area contributed by atoms with Crippen molar-refractivity contribution in [2.75, 3.05) is 17.1 Å². The molecule has 0 heterocycles. The second kappa shape index (κ2) is 5.60. The van der Waals surface area contributed by atoms with Crippen LogP contribution in [0.4, 0.5) is 5.69 Å². The molecule has 17 heavy (non-hydrogen) atoms. The number of aryl methyl sites for hydroxylation is 1. The van der Waals surface area contributed by atoms with E-state index in [1.54, 1.807) is 26.0 Å². The van der Waals surface area contributed by atoms with E-state index in [0.717, 1.165) is 5.56 Å². The minimum absolute atomic E-state index is 0.0251. The van der Waals surface area contributed by atoms with Crippen molar-refractivity contribution >= 4 is 27.3 Å². The summed E-state index contributed by atoms with van der Waals surface area (Å²) in [7, 11) is -3.29. The predicted octanol–water partition coefficient (Wildman–Crippen LogP) is 2.81. The average Bonchev–Trinajstić information content (AvgIpc) is 2.25. The molecular formula is C11H16ClNO3S. The Labute approximate surface area is 107 Å². The number of ether oxygens (including phenoxy) is 1. The zero-order valence-electron chi connectivity index (χ0n) is 10.1. The van der Waals surface area contributed by atoms with Gasteiger partial charge in [-0.1, -0.05) is 11.6 Å². The van der Waals surface area contributed by atoms with Crippen LogP contribution in [0.5, 0.6) is 5.75 Å². The summed E-state index contributed by atoms with van der Waals surface area (Å²) in [5, 5.41) is 0.395. The first-order valence-electron chi connectivity index (χ1n) is 5.33. The Morgan fingerprint density at radius 2 is 2.00 bits per heavy atom. The Hall–Kier alpha value is -0.940. The molecule has 0 fully saturated rings. The summed E-state index contributed by atoms with van der Waals surface area (Å²) in [4.78, 5) is 0. The Balaban J connectivity index is 3.08. The average molecular weight is 278 g/mol. The third-order valence-electron chi connectivity index (χ3n) is 2.22. The summed E-state index contributed by atoms with van der Waals surface area (Å²) in [6.07, 6.45) is 0. The minimum atomic E-state index is -3.29. The second-order valence-corrected chi connectivity index (χ2v) is 5.95. The molecule has 1 rings (SSSR count). The molecule has 0 aliphatic rings. The first-order valence-corrected chi connectivity index (χ1v) is 7.36. The van der Waals surface area contributed by atoms with Gasteiger partial charge in [0.2, 0.25) is 10.0 Å². The lowest BCUT2D eigenvalue weighted by molar-refractivity contribution is 0.340. The van der Waals surface area contributed by atoms with Crippen molar-refractivity contribution in [2.45, 2.75) is 20.8 Å². The molecule has 0 amide bonds. The molecular weight excluding hydrogens is 262 g/mol. The van der Waals surface area contributed by atoms with Crippen LogP contribution < -0.4 is 9.46 Å². The van der Waals surface area contributed by atoms with Crippen LogP contribution in [-0.2, 0) is 10.0 Å². The van der Waals surface area contributed by atoms with E-state index in [2.05, 4.69) is 4.72 Å². The summed E-state index contributed by atoms with van der Waals surface area (Å²) >= 11 is 5.99. The van der Waals surface area contributed by atoms with Crippen LogP contribution in [0.2, 0.25) is 5.02 Å². The molecule has 0 radical (unpaired) electrons. The molecule has 0 aliphatic heterocycles. The molecule has 4 nitrogen and oxygen atoms in total. The summed E-state index contributed by atoms with van der Waals surface area (Å²) in [5.41, 5.74) is 1.26. The lowest BCUT2D eigenvalue weighted by Crippen LogP contribution is -2.15. The molecule has 0 saturated carbocycles. The second-order valence-electron chi connectivity index (χ2n) is 3.54. The van der Waals surface area contributed by atoms with Crippen molar-refractivity contribution in [1.82, 2.24) is 0 Å². The van der Waals surface area contributed by atoms with E-state index in [1.807, 2.05) is 6.92 Å². The first-order chi connectivity index (χ1) is 7.89. The fourth-order valence-electron chi connectivity index (χ4n) is 1.27. The van der Waals surface area contributed by atoms with Crippen molar-refractivity contribution in [3.8, 4) is 5.75 Å². The van der Waals surface area contributed by atoms with E-state index in [-0.39, 0.29) is 5.75 Å². The van der Waals surface area contributed by atoms with Gasteiger partial charge in [-0.25, -0.2) is 8.42 Å². The molecule has 1 aromatic carbocycles. The van der Waals surface area contributed by atoms with Crippen molar-refractivity contribution in [2.24, 2.45) is 0 Å². The number of rotatable bonds is 5. The first kappa shape index (κ1) is 14.1. The maximum Gasteiger partial charge on any atom is 0.232 e. The zero-order chi connectivity index (χ0) is 13.1. The lowest BCUT2D eigenvalue weighted by Gasteiger charge is -2.12. The van der Waals surface area contributed by atoms with E-state index in [9.17, 15) is 8.42 Å². The molecule has 0 aliphatic carbocycles. The number of hydrogen-bond donors (Lipinski definition) is 1. The number of benzene rings is 1. The summed E-state index contributed by atoms with van der Waals surface area (Å²) in [6, 6.07) is 3.29. The highest BCUT2D eigenvalue weighted by molar-refractivity contribution is 7.92. The van der Waals surface area contributed by atoms with Gasteiger partial charge < -0.3 is 4.74 Å².